The highest BCUT2D eigenvalue weighted by atomic mass is 35.5. The highest BCUT2D eigenvalue weighted by Gasteiger charge is 2.23. The van der Waals surface area contributed by atoms with Gasteiger partial charge in [0, 0.05) is 47.5 Å². The highest BCUT2D eigenvalue weighted by Crippen LogP contribution is 2.27. The van der Waals surface area contributed by atoms with Gasteiger partial charge < -0.3 is 20.2 Å². The van der Waals surface area contributed by atoms with Crippen LogP contribution in [0, 0.1) is 0 Å². The number of halogens is 1. The summed E-state index contributed by atoms with van der Waals surface area (Å²) in [5.74, 6) is 0. The Balaban J connectivity index is 0.000000174. The lowest BCUT2D eigenvalue weighted by Gasteiger charge is -2.32. The van der Waals surface area contributed by atoms with E-state index >= 15 is 0 Å². The number of nitrogens with one attached hydrogen (secondary N) is 3. The Hall–Kier alpha value is -5.05. The highest BCUT2D eigenvalue weighted by molar-refractivity contribution is 6.31. The molecule has 8 nitrogen and oxygen atoms in total. The van der Waals surface area contributed by atoms with E-state index in [4.69, 9.17) is 11.6 Å². The van der Waals surface area contributed by atoms with Gasteiger partial charge in [-0.05, 0) is 79.7 Å². The van der Waals surface area contributed by atoms with Gasteiger partial charge in [-0.2, -0.15) is 0 Å². The molecule has 0 unspecified atom stereocenters. The van der Waals surface area contributed by atoms with E-state index in [0.717, 1.165) is 72.3 Å². The van der Waals surface area contributed by atoms with Crippen LogP contribution in [0.1, 0.15) is 25.3 Å². The SMILES string of the molecule is O=c1[nH]c2ccccc2n1CCCN1CCC(n2c(=O)[nH]c3cc(Cl)ccc32)CC1.c1ccc(Nc2cccc3ccccc23)cc1. The van der Waals surface area contributed by atoms with Gasteiger partial charge in [0.05, 0.1) is 22.1 Å². The average Bonchev–Trinajstić information content (AvgIpc) is 3.60. The second-order valence-electron chi connectivity index (χ2n) is 12.0. The van der Waals surface area contributed by atoms with Crippen LogP contribution in [0.25, 0.3) is 32.8 Å². The van der Waals surface area contributed by atoms with Crippen LogP contribution in [0.4, 0.5) is 11.4 Å². The average molecular weight is 645 g/mol. The molecular formula is C38H37ClN6O2. The second kappa shape index (κ2) is 13.7. The number of aromatic amines is 2. The predicted octanol–water partition coefficient (Wildman–Crippen LogP) is 7.94. The smallest absolute Gasteiger partial charge is 0.326 e. The Morgan fingerprint density at radius 1 is 0.702 bits per heavy atom. The molecule has 8 rings (SSSR count). The molecule has 3 N–H and O–H groups in total. The normalized spacial score (nSPS) is 14.0. The van der Waals surface area contributed by atoms with Gasteiger partial charge in [-0.15, -0.1) is 0 Å². The number of fused-ring (bicyclic) bond motifs is 3. The fourth-order valence-electron chi connectivity index (χ4n) is 6.66. The lowest BCUT2D eigenvalue weighted by atomic mass is 10.0. The van der Waals surface area contributed by atoms with Gasteiger partial charge in [0.1, 0.15) is 0 Å². The molecule has 0 bridgehead atoms. The molecule has 7 aromatic rings. The molecular weight excluding hydrogens is 608 g/mol. The monoisotopic (exact) mass is 644 g/mol. The second-order valence-corrected chi connectivity index (χ2v) is 12.4. The molecule has 1 fully saturated rings. The minimum Gasteiger partial charge on any atom is -0.355 e. The van der Waals surface area contributed by atoms with E-state index in [-0.39, 0.29) is 17.4 Å². The van der Waals surface area contributed by atoms with Gasteiger partial charge >= 0.3 is 11.4 Å². The van der Waals surface area contributed by atoms with E-state index in [0.29, 0.717) is 11.6 Å². The Kier molecular flexibility index (Phi) is 8.95. The van der Waals surface area contributed by atoms with E-state index in [1.54, 1.807) is 6.07 Å². The third-order valence-corrected chi connectivity index (χ3v) is 9.22. The van der Waals surface area contributed by atoms with Crippen LogP contribution in [0.15, 0.2) is 125 Å². The van der Waals surface area contributed by atoms with Crippen LogP contribution in [0.2, 0.25) is 5.02 Å². The summed E-state index contributed by atoms with van der Waals surface area (Å²) in [5, 5.41) is 6.58. The minimum atomic E-state index is -0.0653. The first-order chi connectivity index (χ1) is 23.0. The first kappa shape index (κ1) is 30.6. The number of nitrogens with zero attached hydrogens (tertiary/aromatic N) is 3. The van der Waals surface area contributed by atoms with Crippen molar-refractivity contribution < 1.29 is 0 Å². The van der Waals surface area contributed by atoms with Crippen molar-refractivity contribution in [1.29, 1.82) is 0 Å². The first-order valence-electron chi connectivity index (χ1n) is 16.1. The number of imidazole rings is 2. The largest absolute Gasteiger partial charge is 0.355 e. The molecule has 3 heterocycles. The Morgan fingerprint density at radius 3 is 2.28 bits per heavy atom. The molecule has 0 aliphatic carbocycles. The summed E-state index contributed by atoms with van der Waals surface area (Å²) in [7, 11) is 0. The number of para-hydroxylation sites is 3. The van der Waals surface area contributed by atoms with Crippen molar-refractivity contribution in [3.05, 3.63) is 141 Å². The zero-order valence-electron chi connectivity index (χ0n) is 26.0. The Morgan fingerprint density at radius 2 is 1.43 bits per heavy atom. The maximum atomic E-state index is 12.5. The topological polar surface area (TPSA) is 90.8 Å². The van der Waals surface area contributed by atoms with Crippen molar-refractivity contribution in [2.75, 3.05) is 25.0 Å². The fraction of sp³-hybridized carbons (Fsp3) is 0.211. The van der Waals surface area contributed by atoms with Crippen molar-refractivity contribution >= 4 is 55.8 Å². The van der Waals surface area contributed by atoms with Crippen LogP contribution in [0.5, 0.6) is 0 Å². The van der Waals surface area contributed by atoms with Crippen LogP contribution in [0.3, 0.4) is 0 Å². The van der Waals surface area contributed by atoms with Gasteiger partial charge in [-0.25, -0.2) is 9.59 Å². The number of benzene rings is 5. The van der Waals surface area contributed by atoms with Gasteiger partial charge in [-0.3, -0.25) is 9.13 Å². The van der Waals surface area contributed by atoms with Crippen molar-refractivity contribution in [1.82, 2.24) is 24.0 Å². The van der Waals surface area contributed by atoms with Crippen LogP contribution >= 0.6 is 11.6 Å². The zero-order chi connectivity index (χ0) is 32.2. The molecule has 0 spiro atoms. The Bertz CT molecular complexity index is 2240. The lowest BCUT2D eigenvalue weighted by Crippen LogP contribution is -2.37. The summed E-state index contributed by atoms with van der Waals surface area (Å²) in [6, 6.07) is 38.5. The predicted molar refractivity (Wildman–Crippen MR) is 193 cm³/mol. The van der Waals surface area contributed by atoms with Gasteiger partial charge in [0.2, 0.25) is 0 Å². The number of aromatic nitrogens is 4. The molecule has 0 amide bonds. The molecule has 1 aliphatic rings. The molecule has 1 aliphatic heterocycles. The van der Waals surface area contributed by atoms with E-state index < -0.39 is 0 Å². The van der Waals surface area contributed by atoms with E-state index in [1.165, 1.54) is 10.8 Å². The summed E-state index contributed by atoms with van der Waals surface area (Å²) < 4.78 is 3.70. The lowest BCUT2D eigenvalue weighted by molar-refractivity contribution is 0.183. The van der Waals surface area contributed by atoms with Crippen molar-refractivity contribution in [3.8, 4) is 0 Å². The summed E-state index contributed by atoms with van der Waals surface area (Å²) in [4.78, 5) is 32.9. The number of anilines is 2. The number of hydrogen-bond donors (Lipinski definition) is 3. The van der Waals surface area contributed by atoms with Gasteiger partial charge in [-0.1, -0.05) is 78.3 Å². The van der Waals surface area contributed by atoms with Crippen molar-refractivity contribution in [3.63, 3.8) is 0 Å². The number of hydrogen-bond acceptors (Lipinski definition) is 4. The first-order valence-corrected chi connectivity index (χ1v) is 16.5. The number of H-pyrrole nitrogens is 2. The van der Waals surface area contributed by atoms with Gasteiger partial charge in [0.15, 0.2) is 0 Å². The van der Waals surface area contributed by atoms with Crippen LogP contribution in [-0.4, -0.2) is 43.6 Å². The third kappa shape index (κ3) is 6.75. The van der Waals surface area contributed by atoms with E-state index in [9.17, 15) is 9.59 Å². The minimum absolute atomic E-state index is 0.0475. The number of aryl methyl sites for hydroxylation is 1. The molecule has 238 valence electrons. The summed E-state index contributed by atoms with van der Waals surface area (Å²) in [5.41, 5.74) is 5.70. The molecule has 2 aromatic heterocycles. The molecule has 5 aromatic carbocycles. The number of likely N-dealkylation sites (tertiary alicyclic amines) is 1. The maximum Gasteiger partial charge on any atom is 0.326 e. The molecule has 0 radical (unpaired) electrons. The zero-order valence-corrected chi connectivity index (χ0v) is 26.8. The van der Waals surface area contributed by atoms with Crippen molar-refractivity contribution in [2.24, 2.45) is 0 Å². The quantitative estimate of drug-likeness (QED) is 0.164. The summed E-state index contributed by atoms with van der Waals surface area (Å²) in [6.45, 7) is 3.53. The molecule has 0 saturated carbocycles. The molecule has 0 atom stereocenters. The standard InChI is InChI=1S/C22H24ClN5O2.C16H13N/c23-15-6-7-20-18(14-15)25-22(30)28(20)16-8-12-26(13-9-16)10-3-11-27-19-5-2-1-4-17(19)24-21(27)29;1-2-9-14(10-3-1)17-16-12-6-8-13-7-4-5-11-15(13)16/h1-2,4-7,14,16H,3,8-13H2,(H,24,29)(H,25,30);1-12,17H. The number of piperidine rings is 1. The summed E-state index contributed by atoms with van der Waals surface area (Å²) in [6.07, 6.45) is 2.78. The van der Waals surface area contributed by atoms with Crippen molar-refractivity contribution in [2.45, 2.75) is 31.8 Å². The Labute approximate surface area is 277 Å². The maximum absolute atomic E-state index is 12.5. The molecule has 47 heavy (non-hydrogen) atoms. The van der Waals surface area contributed by atoms with Crippen LogP contribution < -0.4 is 16.7 Å². The summed E-state index contributed by atoms with van der Waals surface area (Å²) >= 11 is 6.05. The third-order valence-electron chi connectivity index (χ3n) is 8.98. The van der Waals surface area contributed by atoms with E-state index in [2.05, 4.69) is 74.8 Å². The van der Waals surface area contributed by atoms with Crippen LogP contribution in [-0.2, 0) is 6.54 Å². The fourth-order valence-corrected chi connectivity index (χ4v) is 6.83. The molecule has 1 saturated heterocycles. The number of rotatable bonds is 7. The van der Waals surface area contributed by atoms with Gasteiger partial charge in [0.25, 0.3) is 0 Å². The molecule has 9 heteroatoms. The van der Waals surface area contributed by atoms with E-state index in [1.807, 2.05) is 63.7 Å².